The lowest BCUT2D eigenvalue weighted by atomic mass is 9.97. The fourth-order valence-electron chi connectivity index (χ4n) is 2.86. The normalized spacial score (nSPS) is 25.1. The van der Waals surface area contributed by atoms with Crippen LogP contribution < -0.4 is 0 Å². The average molecular weight is 225 g/mol. The fourth-order valence-corrected chi connectivity index (χ4v) is 2.86. The third-order valence-corrected chi connectivity index (χ3v) is 3.79. The topological polar surface area (TPSA) is 18.5 Å². The summed E-state index contributed by atoms with van der Waals surface area (Å²) in [7, 11) is 0. The number of hydrogen-bond acceptors (Lipinski definition) is 2. The fraction of sp³-hybridized carbons (Fsp3) is 0.929. The molecule has 2 rings (SSSR count). The van der Waals surface area contributed by atoms with E-state index in [2.05, 4.69) is 6.92 Å². The van der Waals surface area contributed by atoms with Gasteiger partial charge in [-0.25, -0.2) is 0 Å². The van der Waals surface area contributed by atoms with Crippen LogP contribution in [0.1, 0.15) is 64.2 Å². The van der Waals surface area contributed by atoms with Crippen molar-refractivity contribution in [2.24, 2.45) is 0 Å². The molecule has 2 aliphatic carbocycles. The minimum atomic E-state index is -0.244. The molecule has 0 atom stereocenters. The molecule has 0 heterocycles. The highest BCUT2D eigenvalue weighted by atomic mass is 16.7. The predicted molar refractivity (Wildman–Crippen MR) is 65.1 cm³/mol. The Morgan fingerprint density at radius 2 is 1.06 bits per heavy atom. The third-order valence-electron chi connectivity index (χ3n) is 3.79. The zero-order chi connectivity index (χ0) is 11.2. The predicted octanol–water partition coefficient (Wildman–Crippen LogP) is 3.85. The van der Waals surface area contributed by atoms with Gasteiger partial charge in [0.1, 0.15) is 0 Å². The van der Waals surface area contributed by atoms with Gasteiger partial charge in [0.25, 0.3) is 0 Å². The zero-order valence-electron chi connectivity index (χ0n) is 10.3. The van der Waals surface area contributed by atoms with Crippen molar-refractivity contribution in [3.05, 3.63) is 6.92 Å². The molecule has 2 aliphatic rings. The van der Waals surface area contributed by atoms with Gasteiger partial charge in [-0.2, -0.15) is 0 Å². The van der Waals surface area contributed by atoms with Crippen molar-refractivity contribution in [3.63, 3.8) is 0 Å². The molecular formula is C14H25O2. The molecule has 0 N–H and O–H groups in total. The maximum atomic E-state index is 5.86. The first-order valence-electron chi connectivity index (χ1n) is 6.98. The molecule has 2 saturated carbocycles. The van der Waals surface area contributed by atoms with E-state index < -0.39 is 0 Å². The molecule has 2 nitrogen and oxygen atoms in total. The number of ether oxygens (including phenoxy) is 2. The lowest BCUT2D eigenvalue weighted by molar-refractivity contribution is -0.180. The van der Waals surface area contributed by atoms with Crippen LogP contribution in [0.2, 0.25) is 0 Å². The van der Waals surface area contributed by atoms with Crippen LogP contribution >= 0.6 is 0 Å². The molecule has 0 unspecified atom stereocenters. The van der Waals surface area contributed by atoms with Crippen molar-refractivity contribution >= 4 is 0 Å². The Bertz CT molecular complexity index is 161. The van der Waals surface area contributed by atoms with Crippen LogP contribution in [-0.4, -0.2) is 18.5 Å². The van der Waals surface area contributed by atoms with Gasteiger partial charge in [-0.15, -0.1) is 0 Å². The van der Waals surface area contributed by atoms with Crippen LogP contribution in [-0.2, 0) is 9.47 Å². The highest BCUT2D eigenvalue weighted by molar-refractivity contribution is 4.69. The van der Waals surface area contributed by atoms with Gasteiger partial charge in [0.05, 0.1) is 12.2 Å². The second kappa shape index (κ2) is 6.61. The van der Waals surface area contributed by atoms with Crippen LogP contribution in [0.25, 0.3) is 0 Å². The SMILES string of the molecule is [CH2]C(OC1CCCCC1)OC1CCCCC1. The van der Waals surface area contributed by atoms with Gasteiger partial charge in [0.15, 0.2) is 6.29 Å². The quantitative estimate of drug-likeness (QED) is 0.677. The molecule has 0 aliphatic heterocycles. The van der Waals surface area contributed by atoms with Crippen LogP contribution in [0.4, 0.5) is 0 Å². The summed E-state index contributed by atoms with van der Waals surface area (Å²) in [4.78, 5) is 0. The van der Waals surface area contributed by atoms with Crippen molar-refractivity contribution in [2.75, 3.05) is 0 Å². The summed E-state index contributed by atoms with van der Waals surface area (Å²) in [5.41, 5.74) is 0. The average Bonchev–Trinajstić information content (AvgIpc) is 2.31. The van der Waals surface area contributed by atoms with Crippen molar-refractivity contribution < 1.29 is 9.47 Å². The molecule has 93 valence electrons. The second-order valence-electron chi connectivity index (χ2n) is 5.22. The molecule has 16 heavy (non-hydrogen) atoms. The number of hydrogen-bond donors (Lipinski definition) is 0. The van der Waals surface area contributed by atoms with E-state index in [4.69, 9.17) is 9.47 Å². The first kappa shape index (κ1) is 12.4. The summed E-state index contributed by atoms with van der Waals surface area (Å²) < 4.78 is 11.7. The Balaban J connectivity index is 1.64. The zero-order valence-corrected chi connectivity index (χ0v) is 10.3. The Hall–Kier alpha value is -0.0800. The Morgan fingerprint density at radius 3 is 1.44 bits per heavy atom. The van der Waals surface area contributed by atoms with Crippen LogP contribution in [0.5, 0.6) is 0 Å². The second-order valence-corrected chi connectivity index (χ2v) is 5.22. The van der Waals surface area contributed by atoms with Crippen LogP contribution in [0, 0.1) is 6.92 Å². The molecule has 0 spiro atoms. The lowest BCUT2D eigenvalue weighted by Gasteiger charge is -2.29. The van der Waals surface area contributed by atoms with Crippen molar-refractivity contribution in [3.8, 4) is 0 Å². The van der Waals surface area contributed by atoms with Gasteiger partial charge in [-0.05, 0) is 25.7 Å². The summed E-state index contributed by atoms with van der Waals surface area (Å²) in [6, 6.07) is 0. The molecular weight excluding hydrogens is 200 g/mol. The molecule has 0 aromatic heterocycles. The van der Waals surface area contributed by atoms with Crippen LogP contribution in [0.3, 0.4) is 0 Å². The smallest absolute Gasteiger partial charge is 0.158 e. The van der Waals surface area contributed by atoms with E-state index in [1.165, 1.54) is 64.2 Å². The molecule has 0 amide bonds. The molecule has 0 aromatic rings. The molecule has 0 saturated heterocycles. The van der Waals surface area contributed by atoms with Gasteiger partial charge >= 0.3 is 0 Å². The van der Waals surface area contributed by atoms with Gasteiger partial charge in [0.2, 0.25) is 0 Å². The third kappa shape index (κ3) is 4.06. The van der Waals surface area contributed by atoms with E-state index in [0.717, 1.165) is 0 Å². The van der Waals surface area contributed by atoms with Gasteiger partial charge in [0, 0.05) is 6.92 Å². The first-order chi connectivity index (χ1) is 7.84. The summed E-state index contributed by atoms with van der Waals surface area (Å²) in [5.74, 6) is 0. The van der Waals surface area contributed by atoms with Crippen molar-refractivity contribution in [1.82, 2.24) is 0 Å². The van der Waals surface area contributed by atoms with E-state index in [0.29, 0.717) is 12.2 Å². The molecule has 0 bridgehead atoms. The van der Waals surface area contributed by atoms with Gasteiger partial charge in [-0.3, -0.25) is 0 Å². The minimum Gasteiger partial charge on any atom is -0.349 e. The Labute approximate surface area is 99.7 Å². The maximum Gasteiger partial charge on any atom is 0.158 e. The Kier molecular flexibility index (Phi) is 5.11. The maximum absolute atomic E-state index is 5.86. The van der Waals surface area contributed by atoms with Crippen LogP contribution in [0.15, 0.2) is 0 Å². The van der Waals surface area contributed by atoms with E-state index in [1.807, 2.05) is 0 Å². The summed E-state index contributed by atoms with van der Waals surface area (Å²) in [6.45, 7) is 3.98. The van der Waals surface area contributed by atoms with E-state index in [9.17, 15) is 0 Å². The number of rotatable bonds is 4. The standard InChI is InChI=1S/C14H25O2/c1-12(15-13-8-4-2-5-9-13)16-14-10-6-3-7-11-14/h12-14H,1-11H2. The van der Waals surface area contributed by atoms with Crippen molar-refractivity contribution in [1.29, 1.82) is 0 Å². The van der Waals surface area contributed by atoms with Gasteiger partial charge in [-0.1, -0.05) is 38.5 Å². The molecule has 2 fully saturated rings. The minimum absolute atomic E-state index is 0.244. The van der Waals surface area contributed by atoms with Crippen molar-refractivity contribution in [2.45, 2.75) is 82.7 Å². The largest absolute Gasteiger partial charge is 0.349 e. The highest BCUT2D eigenvalue weighted by Gasteiger charge is 2.21. The summed E-state index contributed by atoms with van der Waals surface area (Å²) >= 11 is 0. The highest BCUT2D eigenvalue weighted by Crippen LogP contribution is 2.24. The first-order valence-corrected chi connectivity index (χ1v) is 6.98. The van der Waals surface area contributed by atoms with E-state index in [1.54, 1.807) is 0 Å². The summed E-state index contributed by atoms with van der Waals surface area (Å²) in [5, 5.41) is 0. The van der Waals surface area contributed by atoms with E-state index >= 15 is 0 Å². The lowest BCUT2D eigenvalue weighted by Crippen LogP contribution is -2.29. The van der Waals surface area contributed by atoms with E-state index in [-0.39, 0.29) is 6.29 Å². The Morgan fingerprint density at radius 1 is 0.688 bits per heavy atom. The molecule has 0 aromatic carbocycles. The summed E-state index contributed by atoms with van der Waals surface area (Å²) in [6.07, 6.45) is 13.3. The molecule has 1 radical (unpaired) electrons. The monoisotopic (exact) mass is 225 g/mol. The molecule has 2 heteroatoms. The van der Waals surface area contributed by atoms with Gasteiger partial charge < -0.3 is 9.47 Å².